The van der Waals surface area contributed by atoms with Gasteiger partial charge >= 0.3 is 12.2 Å². The van der Waals surface area contributed by atoms with Crippen molar-refractivity contribution in [2.75, 3.05) is 39.5 Å². The van der Waals surface area contributed by atoms with E-state index in [1.165, 1.54) is 0 Å². The first-order chi connectivity index (χ1) is 25.5. The Labute approximate surface area is 305 Å². The Morgan fingerprint density at radius 1 is 0.558 bits per heavy atom. The minimum absolute atomic E-state index is 0.157. The van der Waals surface area contributed by atoms with Gasteiger partial charge in [-0.25, -0.2) is 9.59 Å². The number of ether oxygens (including phenoxy) is 6. The van der Waals surface area contributed by atoms with Gasteiger partial charge in [-0.15, -0.1) is 0 Å². The van der Waals surface area contributed by atoms with Crippen molar-refractivity contribution in [3.8, 4) is 23.0 Å². The number of amides is 2. The number of rotatable bonds is 19. The lowest BCUT2D eigenvalue weighted by molar-refractivity contribution is 0.199. The number of nitrogens with one attached hydrogen (secondary N) is 2. The van der Waals surface area contributed by atoms with E-state index in [1.54, 1.807) is 0 Å². The fourth-order valence-corrected chi connectivity index (χ4v) is 5.91. The molecule has 274 valence electrons. The lowest BCUT2D eigenvalue weighted by Crippen LogP contribution is -2.27. The maximum Gasteiger partial charge on any atom is 0.412 e. The molecule has 2 heterocycles. The van der Waals surface area contributed by atoms with Crippen LogP contribution in [0.4, 0.5) is 9.59 Å². The predicted octanol–water partition coefficient (Wildman–Crippen LogP) is 7.98. The van der Waals surface area contributed by atoms with Crippen molar-refractivity contribution in [1.29, 1.82) is 0 Å². The number of carbonyl (C=O) groups is 2. The first-order valence-electron chi connectivity index (χ1n) is 18.3. The summed E-state index contributed by atoms with van der Waals surface area (Å²) in [5, 5.41) is 5.60. The number of hydrogen-bond donors (Lipinski definition) is 2. The summed E-state index contributed by atoms with van der Waals surface area (Å²) >= 11 is 0. The molecule has 0 spiro atoms. The molecule has 10 nitrogen and oxygen atoms in total. The molecule has 4 aromatic carbocycles. The molecular weight excluding hydrogens is 660 g/mol. The van der Waals surface area contributed by atoms with Crippen LogP contribution in [0.25, 0.3) is 0 Å². The summed E-state index contributed by atoms with van der Waals surface area (Å²) in [4.78, 5) is 24.8. The molecule has 0 saturated carbocycles. The van der Waals surface area contributed by atoms with Crippen LogP contribution in [-0.4, -0.2) is 63.9 Å². The quantitative estimate of drug-likeness (QED) is 0.0744. The van der Waals surface area contributed by atoms with E-state index in [9.17, 15) is 9.59 Å². The second-order valence-electron chi connectivity index (χ2n) is 13.1. The highest BCUT2D eigenvalue weighted by atomic mass is 16.6. The molecule has 0 radical (unpaired) electrons. The van der Waals surface area contributed by atoms with Crippen LogP contribution >= 0.6 is 0 Å². The van der Waals surface area contributed by atoms with Crippen molar-refractivity contribution in [2.24, 2.45) is 0 Å². The Balaban J connectivity index is 1.32. The van der Waals surface area contributed by atoms with Crippen molar-refractivity contribution in [3.63, 3.8) is 0 Å². The molecule has 0 bridgehead atoms. The van der Waals surface area contributed by atoms with Gasteiger partial charge in [0, 0.05) is 24.9 Å². The normalized spacial score (nSPS) is 17.0. The number of carbonyl (C=O) groups excluding carboxylic acids is 2. The number of hydrogen-bond acceptors (Lipinski definition) is 8. The fourth-order valence-electron chi connectivity index (χ4n) is 5.91. The predicted molar refractivity (Wildman–Crippen MR) is 198 cm³/mol. The van der Waals surface area contributed by atoms with Gasteiger partial charge in [0.1, 0.15) is 48.4 Å². The van der Waals surface area contributed by atoms with Crippen LogP contribution in [-0.2, 0) is 9.47 Å². The highest BCUT2D eigenvalue weighted by Gasteiger charge is 2.30. The summed E-state index contributed by atoms with van der Waals surface area (Å²) < 4.78 is 33.8. The Morgan fingerprint density at radius 2 is 0.865 bits per heavy atom. The summed E-state index contributed by atoms with van der Waals surface area (Å²) in [7, 11) is 0. The summed E-state index contributed by atoms with van der Waals surface area (Å²) in [6, 6.07) is 31.7. The molecule has 52 heavy (non-hydrogen) atoms. The Hall–Kier alpha value is -5.06. The van der Waals surface area contributed by atoms with Crippen LogP contribution in [0.2, 0.25) is 0 Å². The van der Waals surface area contributed by atoms with E-state index < -0.39 is 12.2 Å². The van der Waals surface area contributed by atoms with E-state index >= 15 is 0 Å². The SMILES string of the molecule is CCCCNC(=O)Oc1ccc(C(c2ccc(OCC3CO3)cc2)C(c2ccc(OCC3CO3)cc2)c2ccc(OC(=O)NCCCC)cc2)cc1. The minimum atomic E-state index is -0.472. The second-order valence-corrected chi connectivity index (χ2v) is 13.1. The average molecular weight is 709 g/mol. The molecule has 2 N–H and O–H groups in total. The molecule has 4 unspecified atom stereocenters. The maximum atomic E-state index is 12.4. The van der Waals surface area contributed by atoms with Gasteiger partial charge in [-0.2, -0.15) is 0 Å². The second kappa shape index (κ2) is 18.4. The molecule has 2 amide bonds. The van der Waals surface area contributed by atoms with Gasteiger partial charge in [0.2, 0.25) is 0 Å². The van der Waals surface area contributed by atoms with E-state index in [1.807, 2.05) is 72.8 Å². The van der Waals surface area contributed by atoms with Crippen LogP contribution in [0.3, 0.4) is 0 Å². The van der Waals surface area contributed by atoms with Crippen molar-refractivity contribution < 1.29 is 38.0 Å². The summed E-state index contributed by atoms with van der Waals surface area (Å²) in [6.07, 6.45) is 3.10. The molecule has 6 rings (SSSR count). The first-order valence-corrected chi connectivity index (χ1v) is 18.3. The van der Waals surface area contributed by atoms with E-state index in [0.29, 0.717) is 37.8 Å². The number of benzene rings is 4. The van der Waals surface area contributed by atoms with Crippen molar-refractivity contribution >= 4 is 12.2 Å². The molecule has 2 aliphatic rings. The van der Waals surface area contributed by atoms with E-state index in [2.05, 4.69) is 48.7 Å². The lowest BCUT2D eigenvalue weighted by Gasteiger charge is -2.30. The van der Waals surface area contributed by atoms with Crippen molar-refractivity contribution in [1.82, 2.24) is 10.6 Å². The first kappa shape index (κ1) is 36.7. The third-order valence-corrected chi connectivity index (χ3v) is 8.99. The lowest BCUT2D eigenvalue weighted by atomic mass is 9.73. The van der Waals surface area contributed by atoms with Crippen LogP contribution in [0.5, 0.6) is 23.0 Å². The summed E-state index contributed by atoms with van der Waals surface area (Å²) in [5.74, 6) is 2.10. The zero-order valence-electron chi connectivity index (χ0n) is 29.9. The van der Waals surface area contributed by atoms with Gasteiger partial charge < -0.3 is 39.1 Å². The summed E-state index contributed by atoms with van der Waals surface area (Å²) in [5.41, 5.74) is 4.16. The molecule has 0 aromatic heterocycles. The zero-order chi connectivity index (χ0) is 36.1. The smallest absolute Gasteiger partial charge is 0.412 e. The molecule has 10 heteroatoms. The molecule has 4 atom stereocenters. The maximum absolute atomic E-state index is 12.4. The topological polar surface area (TPSA) is 120 Å². The minimum Gasteiger partial charge on any atom is -0.491 e. The molecule has 0 aliphatic carbocycles. The standard InChI is InChI=1S/C42H48N2O8/c1-3-5-23-43-41(45)51-35-19-11-31(12-20-35)39(29-7-15-33(16-8-29)47-25-37-27-49-37)40(30-9-17-34(18-10-30)48-26-38-28-50-38)32-13-21-36(22-14-32)52-42(46)44-24-6-4-2/h7-22,37-40H,3-6,23-28H2,1-2H3,(H,43,45)(H,44,46). The van der Waals surface area contributed by atoms with Gasteiger partial charge in [-0.1, -0.05) is 75.2 Å². The van der Waals surface area contributed by atoms with Crippen molar-refractivity contribution in [2.45, 2.75) is 63.6 Å². The number of unbranched alkanes of at least 4 members (excludes halogenated alkanes) is 2. The largest absolute Gasteiger partial charge is 0.491 e. The van der Waals surface area contributed by atoms with Gasteiger partial charge in [0.25, 0.3) is 0 Å². The summed E-state index contributed by atoms with van der Waals surface area (Å²) in [6.45, 7) is 7.77. The highest BCUT2D eigenvalue weighted by Crippen LogP contribution is 2.44. The van der Waals surface area contributed by atoms with Gasteiger partial charge in [-0.3, -0.25) is 0 Å². The fraction of sp³-hybridized carbons (Fsp3) is 0.381. The van der Waals surface area contributed by atoms with Gasteiger partial charge in [0.05, 0.1) is 13.2 Å². The van der Waals surface area contributed by atoms with Crippen LogP contribution in [0.15, 0.2) is 97.1 Å². The Kier molecular flexibility index (Phi) is 13.0. The number of epoxide rings is 2. The van der Waals surface area contributed by atoms with Gasteiger partial charge in [0.15, 0.2) is 0 Å². The third-order valence-electron chi connectivity index (χ3n) is 8.99. The van der Waals surface area contributed by atoms with E-state index in [0.717, 1.165) is 72.6 Å². The Bertz CT molecular complexity index is 1570. The van der Waals surface area contributed by atoms with Gasteiger partial charge in [-0.05, 0) is 83.6 Å². The highest BCUT2D eigenvalue weighted by molar-refractivity contribution is 5.70. The third kappa shape index (κ3) is 11.0. The van der Waals surface area contributed by atoms with Crippen LogP contribution < -0.4 is 29.6 Å². The van der Waals surface area contributed by atoms with Crippen LogP contribution in [0, 0.1) is 0 Å². The molecule has 4 aromatic rings. The Morgan fingerprint density at radius 3 is 1.15 bits per heavy atom. The average Bonchev–Trinajstić information content (AvgIpc) is 4.11. The zero-order valence-corrected chi connectivity index (χ0v) is 29.9. The van der Waals surface area contributed by atoms with Crippen molar-refractivity contribution in [3.05, 3.63) is 119 Å². The van der Waals surface area contributed by atoms with E-state index in [4.69, 9.17) is 28.4 Å². The van der Waals surface area contributed by atoms with Crippen LogP contribution in [0.1, 0.15) is 73.6 Å². The van der Waals surface area contributed by atoms with E-state index in [-0.39, 0.29) is 24.0 Å². The molecule has 2 aliphatic heterocycles. The monoisotopic (exact) mass is 708 g/mol. The molecule has 2 fully saturated rings. The molecule has 2 saturated heterocycles. The molecular formula is C42H48N2O8.